The second-order valence-corrected chi connectivity index (χ2v) is 11.5. The third-order valence-corrected chi connectivity index (χ3v) is 9.44. The van der Waals surface area contributed by atoms with Crippen LogP contribution in [0.4, 0.5) is 4.39 Å². The number of aliphatic hydroxyl groups excluding tert-OH is 2. The van der Waals surface area contributed by atoms with Crippen molar-refractivity contribution in [1.82, 2.24) is 0 Å². The third-order valence-electron chi connectivity index (χ3n) is 9.44. The van der Waals surface area contributed by atoms with Crippen LogP contribution >= 0.6 is 0 Å². The molecule has 0 aromatic heterocycles. The van der Waals surface area contributed by atoms with Gasteiger partial charge in [0.15, 0.2) is 17.7 Å². The Labute approximate surface area is 212 Å². The predicted octanol–water partition coefficient (Wildman–Crippen LogP) is 1.49. The van der Waals surface area contributed by atoms with Crippen LogP contribution in [0.3, 0.4) is 0 Å². The van der Waals surface area contributed by atoms with Gasteiger partial charge in [0.1, 0.15) is 6.10 Å². The molecule has 0 aromatic carbocycles. The van der Waals surface area contributed by atoms with Gasteiger partial charge in [-0.25, -0.2) is 18.8 Å². The maximum Gasteiger partial charge on any atom is 0.348 e. The van der Waals surface area contributed by atoms with E-state index < -0.39 is 82.4 Å². The van der Waals surface area contributed by atoms with Crippen LogP contribution in [0, 0.1) is 28.6 Å². The van der Waals surface area contributed by atoms with E-state index in [1.165, 1.54) is 0 Å². The zero-order valence-corrected chi connectivity index (χ0v) is 21.3. The number of allylic oxidation sites excluding steroid dienone is 3. The molecule has 4 fully saturated rings. The first-order chi connectivity index (χ1) is 17.3. The van der Waals surface area contributed by atoms with Gasteiger partial charge in [-0.1, -0.05) is 12.5 Å². The lowest BCUT2D eigenvalue weighted by Gasteiger charge is -2.66. The Morgan fingerprint density at radius 3 is 2.51 bits per heavy atom. The van der Waals surface area contributed by atoms with Gasteiger partial charge in [-0.3, -0.25) is 4.79 Å². The van der Waals surface area contributed by atoms with Gasteiger partial charge >= 0.3 is 17.9 Å². The van der Waals surface area contributed by atoms with Crippen LogP contribution < -0.4 is 0 Å². The van der Waals surface area contributed by atoms with Crippen LogP contribution in [0.2, 0.25) is 0 Å². The van der Waals surface area contributed by atoms with Crippen LogP contribution in [0.25, 0.3) is 0 Å². The molecule has 2 saturated heterocycles. The van der Waals surface area contributed by atoms with Crippen LogP contribution in [0.5, 0.6) is 0 Å². The highest BCUT2D eigenvalue weighted by Crippen LogP contribution is 2.73. The number of Topliss-reactive ketones (excluding diaryl/α,β-unsaturated/α-hetero) is 1. The fraction of sp³-hybridized carbons (Fsp3) is 0.692. The Morgan fingerprint density at radius 1 is 1.22 bits per heavy atom. The van der Waals surface area contributed by atoms with Crippen molar-refractivity contribution in [2.45, 2.75) is 70.6 Å². The Bertz CT molecular complexity index is 1160. The van der Waals surface area contributed by atoms with Crippen LogP contribution in [-0.2, 0) is 38.1 Å². The number of aliphatic hydroxyl groups is 2. The summed E-state index contributed by atoms with van der Waals surface area (Å²) in [5.41, 5.74) is -3.95. The topological polar surface area (TPSA) is 146 Å². The predicted molar refractivity (Wildman–Crippen MR) is 121 cm³/mol. The van der Waals surface area contributed by atoms with Crippen LogP contribution in [-0.4, -0.2) is 77.7 Å². The quantitative estimate of drug-likeness (QED) is 0.318. The maximum absolute atomic E-state index is 16.4. The van der Waals surface area contributed by atoms with E-state index in [0.29, 0.717) is 11.1 Å². The second-order valence-electron chi connectivity index (χ2n) is 11.5. The van der Waals surface area contributed by atoms with E-state index in [-0.39, 0.29) is 25.2 Å². The van der Waals surface area contributed by atoms with Crippen molar-refractivity contribution >= 4 is 23.7 Å². The number of halogens is 1. The molecule has 0 aromatic rings. The normalized spacial score (nSPS) is 45.9. The Kier molecular flexibility index (Phi) is 5.66. The first kappa shape index (κ1) is 25.8. The number of hydrogen-bond acceptors (Lipinski definition) is 10. The zero-order chi connectivity index (χ0) is 27.2. The molecule has 2 aliphatic heterocycles. The van der Waals surface area contributed by atoms with E-state index in [1.807, 2.05) is 0 Å². The van der Waals surface area contributed by atoms with Crippen molar-refractivity contribution in [1.29, 1.82) is 0 Å². The first-order valence-corrected chi connectivity index (χ1v) is 12.3. The number of hydrogen-bond donors (Lipinski definition) is 2. The number of rotatable bonds is 3. The lowest BCUT2D eigenvalue weighted by molar-refractivity contribution is -0.282. The molecule has 1 spiro atoms. The summed E-state index contributed by atoms with van der Waals surface area (Å²) in [5.74, 6) is -6.89. The molecule has 5 aliphatic rings. The Morgan fingerprint density at radius 2 is 1.89 bits per heavy atom. The van der Waals surface area contributed by atoms with Gasteiger partial charge < -0.3 is 29.2 Å². The summed E-state index contributed by atoms with van der Waals surface area (Å²) in [7, 11) is 1.04. The lowest BCUT2D eigenvalue weighted by Crippen LogP contribution is -2.78. The van der Waals surface area contributed by atoms with E-state index >= 15 is 4.39 Å². The average molecular weight is 523 g/mol. The van der Waals surface area contributed by atoms with Gasteiger partial charge in [-0.2, -0.15) is 0 Å². The van der Waals surface area contributed by atoms with Gasteiger partial charge in [0.2, 0.25) is 11.7 Å². The zero-order valence-electron chi connectivity index (χ0n) is 21.3. The van der Waals surface area contributed by atoms with Gasteiger partial charge in [0.05, 0.1) is 25.7 Å². The minimum absolute atomic E-state index is 0.136. The molecule has 2 heterocycles. The number of esters is 3. The number of fused-ring (bicyclic) bond motifs is 2. The number of carbonyl (C=O) groups excluding carboxylic acids is 4. The van der Waals surface area contributed by atoms with Crippen molar-refractivity contribution in [2.75, 3.05) is 13.7 Å². The Hall–Kier alpha value is -2.79. The summed E-state index contributed by atoms with van der Waals surface area (Å²) in [6, 6.07) is 0. The van der Waals surface area contributed by atoms with Gasteiger partial charge in [0.25, 0.3) is 0 Å². The summed E-state index contributed by atoms with van der Waals surface area (Å²) in [4.78, 5) is 52.0. The van der Waals surface area contributed by atoms with E-state index in [9.17, 15) is 29.4 Å². The molecule has 1 unspecified atom stereocenters. The molecule has 37 heavy (non-hydrogen) atoms. The summed E-state index contributed by atoms with van der Waals surface area (Å²) >= 11 is 0. The molecule has 11 heteroatoms. The first-order valence-electron chi connectivity index (χ1n) is 12.3. The van der Waals surface area contributed by atoms with Crippen LogP contribution in [0.1, 0.15) is 40.5 Å². The molecule has 5 rings (SSSR count). The SMILES string of the molecule is COC(=O)C12OC[C@]34[C@H]([C@@H](O)[C@H]1F)[C@@]1(C)CC(=O)C(O)=C(C)[C@@H]1C[C@H]3OC(=O)[C@H](OC(=O)C=C(C)C)[C@@H]24. The molecule has 3 aliphatic carbocycles. The number of ketones is 1. The van der Waals surface area contributed by atoms with Crippen molar-refractivity contribution < 1.29 is 52.7 Å². The lowest BCUT2D eigenvalue weighted by atomic mass is 9.38. The van der Waals surface area contributed by atoms with Crippen LogP contribution in [0.15, 0.2) is 23.0 Å². The fourth-order valence-electron chi connectivity index (χ4n) is 8.21. The second kappa shape index (κ2) is 8.10. The number of carbonyl (C=O) groups is 4. The molecule has 0 amide bonds. The minimum atomic E-state index is -2.44. The van der Waals surface area contributed by atoms with Crippen molar-refractivity contribution in [3.63, 3.8) is 0 Å². The molecule has 2 saturated carbocycles. The van der Waals surface area contributed by atoms with Gasteiger partial charge in [0, 0.05) is 23.8 Å². The molecule has 10 atom stereocenters. The molecular weight excluding hydrogens is 491 g/mol. The fourth-order valence-corrected chi connectivity index (χ4v) is 8.21. The molecule has 202 valence electrons. The molecule has 2 bridgehead atoms. The highest BCUT2D eigenvalue weighted by Gasteiger charge is 2.85. The Balaban J connectivity index is 1.74. The maximum atomic E-state index is 16.4. The molecule has 0 radical (unpaired) electrons. The van der Waals surface area contributed by atoms with E-state index in [2.05, 4.69) is 0 Å². The molecule has 10 nitrogen and oxygen atoms in total. The van der Waals surface area contributed by atoms with Crippen molar-refractivity contribution in [3.8, 4) is 0 Å². The number of alkyl halides is 1. The molecule has 2 N–H and O–H groups in total. The van der Waals surface area contributed by atoms with Gasteiger partial charge in [-0.05, 0) is 44.1 Å². The molecular formula is C26H31FO10. The highest BCUT2D eigenvalue weighted by molar-refractivity contribution is 5.95. The van der Waals surface area contributed by atoms with Crippen molar-refractivity contribution in [3.05, 3.63) is 23.0 Å². The van der Waals surface area contributed by atoms with Crippen molar-refractivity contribution in [2.24, 2.45) is 28.6 Å². The smallest absolute Gasteiger partial charge is 0.348 e. The third kappa shape index (κ3) is 3.04. The minimum Gasteiger partial charge on any atom is -0.504 e. The number of methoxy groups -OCH3 is 1. The van der Waals surface area contributed by atoms with E-state index in [1.54, 1.807) is 27.7 Å². The standard InChI is InChI=1S/C26H31FO10/c1-10(2)6-15(29)37-18-20-25-9-35-26(20,23(33)34-5)21(27)17(31)19(25)24(4)8-13(28)16(30)11(3)12(24)7-14(25)36-22(18)32/h6,12,14,17-21,30-31H,7-9H2,1-5H3/t12-,14+,17+,18+,19+,20+,21+,24-,25+,26?/m0/s1. The van der Waals surface area contributed by atoms with Gasteiger partial charge in [-0.15, -0.1) is 0 Å². The average Bonchev–Trinajstić information content (AvgIpc) is 3.12. The number of ether oxygens (including phenoxy) is 4. The summed E-state index contributed by atoms with van der Waals surface area (Å²) in [5, 5.41) is 21.9. The van der Waals surface area contributed by atoms with E-state index in [0.717, 1.165) is 13.2 Å². The monoisotopic (exact) mass is 522 g/mol. The summed E-state index contributed by atoms with van der Waals surface area (Å²) in [6.45, 7) is 6.32. The highest BCUT2D eigenvalue weighted by atomic mass is 19.1. The summed E-state index contributed by atoms with van der Waals surface area (Å²) in [6.07, 6.45) is -5.78. The summed E-state index contributed by atoms with van der Waals surface area (Å²) < 4.78 is 38.6. The largest absolute Gasteiger partial charge is 0.504 e. The van der Waals surface area contributed by atoms with E-state index in [4.69, 9.17) is 18.9 Å².